The van der Waals surface area contributed by atoms with E-state index in [4.69, 9.17) is 23.8 Å². The Morgan fingerprint density at radius 3 is 2.36 bits per heavy atom. The Balaban J connectivity index is 2.07. The molecule has 2 aromatic carbocycles. The van der Waals surface area contributed by atoms with Crippen LogP contribution in [0.1, 0.15) is 5.56 Å². The van der Waals surface area contributed by atoms with Crippen molar-refractivity contribution in [2.45, 2.75) is 6.18 Å². The zero-order chi connectivity index (χ0) is 18.6. The monoisotopic (exact) mass is 390 g/mol. The summed E-state index contributed by atoms with van der Waals surface area (Å²) in [4.78, 5) is 10.1. The molecule has 132 valence electrons. The van der Waals surface area contributed by atoms with Crippen LogP contribution >= 0.6 is 23.8 Å². The minimum absolute atomic E-state index is 0.0523. The fraction of sp³-hybridized carbons (Fsp3) is 0.0714. The molecule has 0 saturated carbocycles. The predicted octanol–water partition coefficient (Wildman–Crippen LogP) is 4.58. The summed E-state index contributed by atoms with van der Waals surface area (Å²) in [5.74, 6) is 0. The van der Waals surface area contributed by atoms with Crippen molar-refractivity contribution >= 4 is 46.0 Å². The van der Waals surface area contributed by atoms with Crippen molar-refractivity contribution in [1.29, 1.82) is 0 Å². The lowest BCUT2D eigenvalue weighted by Gasteiger charge is -2.14. The summed E-state index contributed by atoms with van der Waals surface area (Å²) in [5, 5.41) is 14.3. The van der Waals surface area contributed by atoms with Gasteiger partial charge in [-0.05, 0) is 48.6 Å². The summed E-state index contributed by atoms with van der Waals surface area (Å²) in [6, 6.07) is 8.67. The Labute approximate surface area is 150 Å². The maximum absolute atomic E-state index is 12.6. The number of benzene rings is 2. The molecule has 11 heteroatoms. The second kappa shape index (κ2) is 7.53. The van der Waals surface area contributed by atoms with Crippen molar-refractivity contribution in [3.63, 3.8) is 0 Å². The molecule has 0 radical (unpaired) electrons. The Hall–Kier alpha value is -2.59. The molecular formula is C14H10ClF3N4O2S. The summed E-state index contributed by atoms with van der Waals surface area (Å²) in [6.07, 6.45) is -4.68. The molecule has 0 heterocycles. The Bertz CT molecular complexity index is 800. The van der Waals surface area contributed by atoms with E-state index in [1.165, 1.54) is 0 Å². The van der Waals surface area contributed by atoms with Gasteiger partial charge in [-0.25, -0.2) is 0 Å². The first kappa shape index (κ1) is 18.7. The highest BCUT2D eigenvalue weighted by Gasteiger charge is 2.33. The number of halogens is 4. The number of hydrazine groups is 1. The molecule has 0 saturated heterocycles. The van der Waals surface area contributed by atoms with E-state index in [0.717, 1.165) is 12.1 Å². The first-order valence-electron chi connectivity index (χ1n) is 6.61. The molecule has 0 aliphatic heterocycles. The fourth-order valence-corrected chi connectivity index (χ4v) is 2.08. The number of rotatable bonds is 4. The van der Waals surface area contributed by atoms with Crippen LogP contribution < -0.4 is 16.2 Å². The number of nitro benzene ring substituents is 1. The molecule has 0 spiro atoms. The summed E-state index contributed by atoms with van der Waals surface area (Å²) in [5.41, 5.74) is 3.46. The largest absolute Gasteiger partial charge is 0.416 e. The Kier molecular flexibility index (Phi) is 5.65. The van der Waals surface area contributed by atoms with E-state index in [1.807, 2.05) is 0 Å². The number of hydrogen-bond acceptors (Lipinski definition) is 4. The van der Waals surface area contributed by atoms with Gasteiger partial charge in [-0.2, -0.15) is 13.2 Å². The average molecular weight is 391 g/mol. The summed E-state index contributed by atoms with van der Waals surface area (Å²) in [6.45, 7) is 0. The highest BCUT2D eigenvalue weighted by atomic mass is 35.5. The van der Waals surface area contributed by atoms with E-state index in [0.29, 0.717) is 16.8 Å². The van der Waals surface area contributed by atoms with Gasteiger partial charge >= 0.3 is 6.18 Å². The number of anilines is 2. The van der Waals surface area contributed by atoms with E-state index in [1.54, 1.807) is 24.3 Å². The standard InChI is InChI=1S/C14H10ClF3N4O2S/c15-9-2-4-10(5-3-9)19-13(25)21-20-11-6-1-8(14(16,17)18)7-12(11)22(23)24/h1-7,20H,(H2,19,21,25). The van der Waals surface area contributed by atoms with Crippen molar-refractivity contribution in [2.24, 2.45) is 0 Å². The quantitative estimate of drug-likeness (QED) is 0.403. The van der Waals surface area contributed by atoms with Crippen LogP contribution in [0, 0.1) is 10.1 Å². The summed E-state index contributed by atoms with van der Waals surface area (Å²) < 4.78 is 37.9. The van der Waals surface area contributed by atoms with E-state index in [-0.39, 0.29) is 10.8 Å². The lowest BCUT2D eigenvalue weighted by molar-refractivity contribution is -0.384. The second-order valence-corrected chi connectivity index (χ2v) is 5.54. The van der Waals surface area contributed by atoms with Gasteiger partial charge in [0, 0.05) is 16.8 Å². The molecule has 2 rings (SSSR count). The third-order valence-electron chi connectivity index (χ3n) is 2.93. The van der Waals surface area contributed by atoms with Gasteiger partial charge in [0.25, 0.3) is 5.69 Å². The molecule has 0 aliphatic carbocycles. The third-order valence-corrected chi connectivity index (χ3v) is 3.39. The molecule has 0 unspecified atom stereocenters. The Morgan fingerprint density at radius 1 is 1.16 bits per heavy atom. The molecule has 2 aromatic rings. The van der Waals surface area contributed by atoms with Gasteiger partial charge in [-0.3, -0.25) is 21.0 Å². The first-order valence-corrected chi connectivity index (χ1v) is 7.39. The topological polar surface area (TPSA) is 79.2 Å². The molecule has 0 aromatic heterocycles. The Morgan fingerprint density at radius 2 is 1.80 bits per heavy atom. The third kappa shape index (κ3) is 5.19. The minimum atomic E-state index is -4.68. The van der Waals surface area contributed by atoms with E-state index >= 15 is 0 Å². The molecule has 0 amide bonds. The van der Waals surface area contributed by atoms with Crippen molar-refractivity contribution < 1.29 is 18.1 Å². The zero-order valence-electron chi connectivity index (χ0n) is 12.2. The predicted molar refractivity (Wildman–Crippen MR) is 92.5 cm³/mol. The highest BCUT2D eigenvalue weighted by Crippen LogP contribution is 2.34. The maximum Gasteiger partial charge on any atom is 0.416 e. The molecule has 0 fully saturated rings. The van der Waals surface area contributed by atoms with Crippen molar-refractivity contribution in [3.8, 4) is 0 Å². The van der Waals surface area contributed by atoms with Crippen LogP contribution in [-0.2, 0) is 6.18 Å². The van der Waals surface area contributed by atoms with E-state index in [2.05, 4.69) is 16.2 Å². The number of thiocarbonyl (C=S) groups is 1. The molecule has 6 nitrogen and oxygen atoms in total. The zero-order valence-corrected chi connectivity index (χ0v) is 13.8. The van der Waals surface area contributed by atoms with Crippen LogP contribution in [0.25, 0.3) is 0 Å². The van der Waals surface area contributed by atoms with Crippen LogP contribution in [0.15, 0.2) is 42.5 Å². The van der Waals surface area contributed by atoms with Gasteiger partial charge in [0.2, 0.25) is 0 Å². The van der Waals surface area contributed by atoms with Crippen molar-refractivity contribution in [2.75, 3.05) is 10.7 Å². The van der Waals surface area contributed by atoms with Crippen LogP contribution in [0.5, 0.6) is 0 Å². The molecule has 3 N–H and O–H groups in total. The number of hydrogen-bond donors (Lipinski definition) is 3. The van der Waals surface area contributed by atoms with Crippen molar-refractivity contribution in [1.82, 2.24) is 5.43 Å². The minimum Gasteiger partial charge on any atom is -0.331 e. The lowest BCUT2D eigenvalue weighted by atomic mass is 10.1. The molecule has 0 bridgehead atoms. The van der Waals surface area contributed by atoms with Gasteiger partial charge in [0.05, 0.1) is 10.5 Å². The van der Waals surface area contributed by atoms with Crippen molar-refractivity contribution in [3.05, 3.63) is 63.2 Å². The SMILES string of the molecule is O=[N+]([O-])c1cc(C(F)(F)F)ccc1NNC(=S)Nc1ccc(Cl)cc1. The number of alkyl halides is 3. The highest BCUT2D eigenvalue weighted by molar-refractivity contribution is 7.80. The van der Waals surface area contributed by atoms with Crippen LogP contribution in [-0.4, -0.2) is 10.0 Å². The van der Waals surface area contributed by atoms with Gasteiger partial charge in [-0.15, -0.1) is 0 Å². The molecule has 0 atom stereocenters. The molecule has 0 aliphatic rings. The van der Waals surface area contributed by atoms with Gasteiger partial charge in [0.1, 0.15) is 5.69 Å². The molecule has 25 heavy (non-hydrogen) atoms. The lowest BCUT2D eigenvalue weighted by Crippen LogP contribution is -2.33. The van der Waals surface area contributed by atoms with Gasteiger partial charge < -0.3 is 5.32 Å². The van der Waals surface area contributed by atoms with E-state index in [9.17, 15) is 23.3 Å². The number of nitrogens with one attached hydrogen (secondary N) is 3. The molecular weight excluding hydrogens is 381 g/mol. The average Bonchev–Trinajstić information content (AvgIpc) is 2.54. The number of nitro groups is 1. The van der Waals surface area contributed by atoms with Crippen LogP contribution in [0.4, 0.5) is 30.2 Å². The maximum atomic E-state index is 12.6. The van der Waals surface area contributed by atoms with Gasteiger partial charge in [-0.1, -0.05) is 11.6 Å². The smallest absolute Gasteiger partial charge is 0.331 e. The second-order valence-electron chi connectivity index (χ2n) is 4.70. The van der Waals surface area contributed by atoms with E-state index < -0.39 is 22.4 Å². The fourth-order valence-electron chi connectivity index (χ4n) is 1.78. The first-order chi connectivity index (χ1) is 11.7. The number of nitrogens with zero attached hydrogens (tertiary/aromatic N) is 1. The summed E-state index contributed by atoms with van der Waals surface area (Å²) in [7, 11) is 0. The van der Waals surface area contributed by atoms with Crippen LogP contribution in [0.2, 0.25) is 5.02 Å². The summed E-state index contributed by atoms with van der Waals surface area (Å²) >= 11 is 10.7. The van der Waals surface area contributed by atoms with Gasteiger partial charge in [0.15, 0.2) is 5.11 Å². The normalized spacial score (nSPS) is 10.9. The van der Waals surface area contributed by atoms with Crippen LogP contribution in [0.3, 0.4) is 0 Å².